The maximum atomic E-state index is 13.2. The summed E-state index contributed by atoms with van der Waals surface area (Å²) in [6, 6.07) is 13.8. The first-order chi connectivity index (χ1) is 14.1. The van der Waals surface area contributed by atoms with Crippen molar-refractivity contribution in [3.8, 4) is 5.69 Å². The number of fused-ring (bicyclic) bond motifs is 1. The molecule has 4 rings (SSSR count). The van der Waals surface area contributed by atoms with Gasteiger partial charge >= 0.3 is 0 Å². The molecule has 146 valence electrons. The van der Waals surface area contributed by atoms with Crippen molar-refractivity contribution in [3.63, 3.8) is 0 Å². The summed E-state index contributed by atoms with van der Waals surface area (Å²) in [6.07, 6.45) is 4.05. The van der Waals surface area contributed by atoms with Gasteiger partial charge in [0.1, 0.15) is 17.2 Å². The quantitative estimate of drug-likeness (QED) is 0.382. The van der Waals surface area contributed by atoms with Crippen molar-refractivity contribution in [2.75, 3.05) is 11.1 Å². The van der Waals surface area contributed by atoms with E-state index in [2.05, 4.69) is 27.3 Å². The van der Waals surface area contributed by atoms with Gasteiger partial charge in [-0.05, 0) is 48.4 Å². The van der Waals surface area contributed by atoms with Crippen molar-refractivity contribution in [1.82, 2.24) is 19.7 Å². The second kappa shape index (κ2) is 8.40. The summed E-state index contributed by atoms with van der Waals surface area (Å²) in [4.78, 5) is 20.9. The number of hydrogen-bond donors (Lipinski definition) is 1. The van der Waals surface area contributed by atoms with Gasteiger partial charge in [0.25, 0.3) is 0 Å². The first-order valence-electron chi connectivity index (χ1n) is 9.10. The molecule has 4 aromatic rings. The van der Waals surface area contributed by atoms with Crippen LogP contribution in [-0.2, 0) is 11.2 Å². The number of carbonyl (C=O) groups excluding carboxylic acids is 1. The summed E-state index contributed by atoms with van der Waals surface area (Å²) in [5.41, 5.74) is 3.29. The predicted molar refractivity (Wildman–Crippen MR) is 112 cm³/mol. The van der Waals surface area contributed by atoms with Crippen LogP contribution in [0.3, 0.4) is 0 Å². The Morgan fingerprint density at radius 2 is 1.86 bits per heavy atom. The van der Waals surface area contributed by atoms with E-state index in [1.54, 1.807) is 23.0 Å². The largest absolute Gasteiger partial charge is 0.325 e. The van der Waals surface area contributed by atoms with Crippen molar-refractivity contribution in [1.29, 1.82) is 0 Å². The molecule has 0 radical (unpaired) electrons. The second-order valence-corrected chi connectivity index (χ2v) is 7.30. The normalized spacial score (nSPS) is 11.0. The molecule has 2 aromatic heterocycles. The molecule has 0 aliphatic heterocycles. The van der Waals surface area contributed by atoms with Crippen LogP contribution in [0.2, 0.25) is 0 Å². The average Bonchev–Trinajstić information content (AvgIpc) is 3.18. The lowest BCUT2D eigenvalue weighted by Gasteiger charge is -2.06. The number of anilines is 1. The lowest BCUT2D eigenvalue weighted by atomic mass is 10.1. The topological polar surface area (TPSA) is 72.7 Å². The van der Waals surface area contributed by atoms with Crippen LogP contribution in [0, 0.1) is 5.82 Å². The van der Waals surface area contributed by atoms with E-state index in [1.165, 1.54) is 35.8 Å². The fourth-order valence-electron chi connectivity index (χ4n) is 2.86. The van der Waals surface area contributed by atoms with Crippen LogP contribution in [0.25, 0.3) is 16.7 Å². The monoisotopic (exact) mass is 407 g/mol. The molecule has 0 atom stereocenters. The number of carbonyl (C=O) groups is 1. The zero-order valence-electron chi connectivity index (χ0n) is 15.7. The first-order valence-corrected chi connectivity index (χ1v) is 10.1. The van der Waals surface area contributed by atoms with E-state index in [1.807, 2.05) is 24.3 Å². The van der Waals surface area contributed by atoms with Crippen LogP contribution in [-0.4, -0.2) is 31.4 Å². The molecule has 29 heavy (non-hydrogen) atoms. The molecule has 0 saturated heterocycles. The zero-order valence-corrected chi connectivity index (χ0v) is 16.5. The molecule has 0 unspecified atom stereocenters. The van der Waals surface area contributed by atoms with Crippen LogP contribution in [0.5, 0.6) is 0 Å². The molecule has 0 spiro atoms. The Labute approximate surface area is 171 Å². The third kappa shape index (κ3) is 4.27. The van der Waals surface area contributed by atoms with E-state index in [4.69, 9.17) is 0 Å². The number of aromatic nitrogens is 4. The Balaban J connectivity index is 1.48. The summed E-state index contributed by atoms with van der Waals surface area (Å²) in [5, 5.41) is 8.64. The zero-order chi connectivity index (χ0) is 20.2. The molecule has 8 heteroatoms. The van der Waals surface area contributed by atoms with Crippen molar-refractivity contribution in [3.05, 3.63) is 72.4 Å². The van der Waals surface area contributed by atoms with E-state index >= 15 is 0 Å². The Hall–Kier alpha value is -3.26. The van der Waals surface area contributed by atoms with Crippen LogP contribution >= 0.6 is 11.8 Å². The van der Waals surface area contributed by atoms with Gasteiger partial charge in [-0.15, -0.1) is 0 Å². The number of rotatable bonds is 6. The first kappa shape index (κ1) is 19.1. The van der Waals surface area contributed by atoms with Crippen molar-refractivity contribution in [2.45, 2.75) is 18.4 Å². The van der Waals surface area contributed by atoms with Crippen LogP contribution < -0.4 is 5.32 Å². The Kier molecular flexibility index (Phi) is 5.53. The van der Waals surface area contributed by atoms with Gasteiger partial charge in [0, 0.05) is 5.69 Å². The van der Waals surface area contributed by atoms with E-state index < -0.39 is 0 Å². The van der Waals surface area contributed by atoms with Crippen molar-refractivity contribution < 1.29 is 9.18 Å². The average molecular weight is 407 g/mol. The number of benzene rings is 2. The van der Waals surface area contributed by atoms with Gasteiger partial charge in [0.15, 0.2) is 5.65 Å². The SMILES string of the molecule is CCc1ccc(NC(=O)CSc2ncnc3c2cnn3-c2ccc(F)cc2)cc1. The number of nitrogens with one attached hydrogen (secondary N) is 1. The fraction of sp³-hybridized carbons (Fsp3) is 0.143. The van der Waals surface area contributed by atoms with Crippen LogP contribution in [0.1, 0.15) is 12.5 Å². The number of halogens is 1. The molecule has 0 aliphatic carbocycles. The van der Waals surface area contributed by atoms with Crippen molar-refractivity contribution in [2.24, 2.45) is 0 Å². The van der Waals surface area contributed by atoms with Crippen molar-refractivity contribution >= 4 is 34.4 Å². The highest BCUT2D eigenvalue weighted by atomic mass is 32.2. The third-order valence-electron chi connectivity index (χ3n) is 4.39. The summed E-state index contributed by atoms with van der Waals surface area (Å²) in [7, 11) is 0. The van der Waals surface area contributed by atoms with E-state index in [9.17, 15) is 9.18 Å². The molecule has 1 amide bonds. The number of nitrogens with zero attached hydrogens (tertiary/aromatic N) is 4. The maximum absolute atomic E-state index is 13.2. The lowest BCUT2D eigenvalue weighted by molar-refractivity contribution is -0.113. The molecule has 0 bridgehead atoms. The van der Waals surface area contributed by atoms with E-state index in [0.29, 0.717) is 16.4 Å². The molecular formula is C21H18FN5OS. The molecule has 2 aromatic carbocycles. The summed E-state index contributed by atoms with van der Waals surface area (Å²) in [6.45, 7) is 2.09. The smallest absolute Gasteiger partial charge is 0.234 e. The minimum atomic E-state index is -0.313. The molecule has 6 nitrogen and oxygen atoms in total. The Bertz CT molecular complexity index is 1140. The highest BCUT2D eigenvalue weighted by Crippen LogP contribution is 2.26. The maximum Gasteiger partial charge on any atom is 0.234 e. The van der Waals surface area contributed by atoms with Gasteiger partial charge < -0.3 is 5.32 Å². The minimum Gasteiger partial charge on any atom is -0.325 e. The lowest BCUT2D eigenvalue weighted by Crippen LogP contribution is -2.14. The van der Waals surface area contributed by atoms with E-state index in [0.717, 1.165) is 17.5 Å². The molecule has 0 fully saturated rings. The highest BCUT2D eigenvalue weighted by molar-refractivity contribution is 8.00. The second-order valence-electron chi connectivity index (χ2n) is 6.34. The molecule has 1 N–H and O–H groups in total. The summed E-state index contributed by atoms with van der Waals surface area (Å²) >= 11 is 1.32. The molecule has 0 aliphatic rings. The van der Waals surface area contributed by atoms with E-state index in [-0.39, 0.29) is 17.5 Å². The van der Waals surface area contributed by atoms with Crippen LogP contribution in [0.15, 0.2) is 66.1 Å². The molecular weight excluding hydrogens is 389 g/mol. The minimum absolute atomic E-state index is 0.114. The summed E-state index contributed by atoms with van der Waals surface area (Å²) < 4.78 is 14.8. The third-order valence-corrected chi connectivity index (χ3v) is 5.39. The van der Waals surface area contributed by atoms with Gasteiger partial charge in [-0.1, -0.05) is 30.8 Å². The standard InChI is InChI=1S/C21H18FN5OS/c1-2-14-3-7-16(8-4-14)26-19(28)12-29-21-18-11-25-27(20(18)23-13-24-21)17-9-5-15(22)6-10-17/h3-11,13H,2,12H2,1H3,(H,26,28). The van der Waals surface area contributed by atoms with Gasteiger partial charge in [0.2, 0.25) is 5.91 Å². The Morgan fingerprint density at radius 3 is 2.59 bits per heavy atom. The fourth-order valence-corrected chi connectivity index (χ4v) is 3.62. The highest BCUT2D eigenvalue weighted by Gasteiger charge is 2.13. The van der Waals surface area contributed by atoms with Gasteiger partial charge in [-0.2, -0.15) is 5.10 Å². The van der Waals surface area contributed by atoms with Gasteiger partial charge in [0.05, 0.1) is 23.0 Å². The number of amides is 1. The molecule has 0 saturated carbocycles. The van der Waals surface area contributed by atoms with Gasteiger partial charge in [-0.3, -0.25) is 4.79 Å². The number of aryl methyl sites for hydroxylation is 1. The predicted octanol–water partition coefficient (Wildman–Crippen LogP) is 4.25. The molecule has 2 heterocycles. The number of hydrogen-bond acceptors (Lipinski definition) is 5. The van der Waals surface area contributed by atoms with Gasteiger partial charge in [-0.25, -0.2) is 19.0 Å². The summed E-state index contributed by atoms with van der Waals surface area (Å²) in [5.74, 6) is -0.216. The number of thioether (sulfide) groups is 1. The van der Waals surface area contributed by atoms with Crippen LogP contribution in [0.4, 0.5) is 10.1 Å². The Morgan fingerprint density at radius 1 is 1.10 bits per heavy atom.